The number of nitrogens with zero attached hydrogens (tertiary/aromatic N) is 2. The fraction of sp³-hybridized carbons (Fsp3) is 0.596. The number of benzene rings is 1. The number of amides is 9. The number of H-pyrrole nitrogens is 1. The highest BCUT2D eigenvalue weighted by Crippen LogP contribution is 2.27. The molecule has 28 nitrogen and oxygen atoms in total. The number of aliphatic carboxylic acids is 4. The number of fused-ring (bicyclic) bond motifs is 1. The lowest BCUT2D eigenvalue weighted by Crippen LogP contribution is -2.60. The molecule has 3 heterocycles. The lowest BCUT2D eigenvalue weighted by molar-refractivity contribution is -0.148. The van der Waals surface area contributed by atoms with Gasteiger partial charge < -0.3 is 78.2 Å². The molecule has 10 atom stereocenters. The number of carbonyl (C=O) groups excluding carboxylic acids is 9. The van der Waals surface area contributed by atoms with Crippen molar-refractivity contribution in [3.05, 3.63) is 36.0 Å². The molecule has 1 aromatic heterocycles. The predicted octanol–water partition coefficient (Wildman–Crippen LogP) is -1.64. The van der Waals surface area contributed by atoms with Crippen LogP contribution in [-0.4, -0.2) is 192 Å². The molecule has 0 bridgehead atoms. The van der Waals surface area contributed by atoms with E-state index in [0.717, 1.165) is 0 Å². The molecule has 14 N–H and O–H groups in total. The van der Waals surface area contributed by atoms with Crippen LogP contribution in [0.15, 0.2) is 30.5 Å². The lowest BCUT2D eigenvalue weighted by Gasteiger charge is -2.33. The molecule has 446 valence electrons. The van der Waals surface area contributed by atoms with Gasteiger partial charge >= 0.3 is 23.9 Å². The number of rotatable bonds is 32. The number of para-hydroxylation sites is 1. The zero-order valence-corrected chi connectivity index (χ0v) is 46.5. The zero-order chi connectivity index (χ0) is 60.2. The second kappa shape index (κ2) is 31.2. The number of carboxylic acids is 4. The molecule has 1 aromatic carbocycles. The number of nitrogens with one attached hydrogen (secondary N) is 8. The second-order valence-electron chi connectivity index (χ2n) is 20.5. The number of thiol groups is 1. The van der Waals surface area contributed by atoms with Crippen LogP contribution in [0.4, 0.5) is 0 Å². The van der Waals surface area contributed by atoms with Gasteiger partial charge in [0.2, 0.25) is 53.2 Å². The summed E-state index contributed by atoms with van der Waals surface area (Å²) >= 11 is 4.16. The van der Waals surface area contributed by atoms with E-state index < -0.39 is 182 Å². The van der Waals surface area contributed by atoms with Gasteiger partial charge in [-0.3, -0.25) is 57.5 Å². The first-order chi connectivity index (χ1) is 38.3. The lowest BCUT2D eigenvalue weighted by atomic mass is 9.96. The Morgan fingerprint density at radius 2 is 1.22 bits per heavy atom. The molecule has 2 saturated heterocycles. The Morgan fingerprint density at radius 1 is 0.654 bits per heavy atom. The van der Waals surface area contributed by atoms with Gasteiger partial charge in [-0.05, 0) is 68.4 Å². The van der Waals surface area contributed by atoms with Crippen LogP contribution in [-0.2, 0) is 68.7 Å². The van der Waals surface area contributed by atoms with Crippen LogP contribution in [0.1, 0.15) is 104 Å². The minimum absolute atomic E-state index is 0.00100. The van der Waals surface area contributed by atoms with Crippen LogP contribution in [0.5, 0.6) is 0 Å². The van der Waals surface area contributed by atoms with Gasteiger partial charge in [-0.15, -0.1) is 0 Å². The molecule has 2 aliphatic heterocycles. The fourth-order valence-corrected chi connectivity index (χ4v) is 9.70. The third-order valence-electron chi connectivity index (χ3n) is 14.2. The second-order valence-corrected chi connectivity index (χ2v) is 20.9. The topological polar surface area (TPSA) is 435 Å². The van der Waals surface area contributed by atoms with Gasteiger partial charge in [0.25, 0.3) is 0 Å². The molecule has 0 unspecified atom stereocenters. The third-order valence-corrected chi connectivity index (χ3v) is 14.6. The van der Waals surface area contributed by atoms with Gasteiger partial charge in [0.1, 0.15) is 48.3 Å². The number of aromatic nitrogens is 1. The van der Waals surface area contributed by atoms with Crippen LogP contribution in [0.3, 0.4) is 0 Å². The Labute approximate surface area is 472 Å². The van der Waals surface area contributed by atoms with E-state index in [4.69, 9.17) is 10.8 Å². The van der Waals surface area contributed by atoms with Gasteiger partial charge in [0.05, 0.1) is 12.6 Å². The van der Waals surface area contributed by atoms with Gasteiger partial charge in [-0.2, -0.15) is 12.6 Å². The molecule has 2 aliphatic rings. The number of carbonyl (C=O) groups is 13. The highest BCUT2D eigenvalue weighted by Gasteiger charge is 2.44. The standard InChI is InChI=1S/C52H75N11O17S/c1-5-27(4)43(61-44(71)30(53)14-17-39(65)66)49(76)58-34(22-28-23-54-31-11-7-6-10-29(28)31)46(73)57-32(15-18-40(67)68)45(72)55-24-38(64)56-33(16-19-41(69)70)50(77)63-21-9-13-37(63)51(78)62-20-8-12-36(62)48(75)59-35(25-81)47(74)60-42(26(2)3)52(79)80/h6-7,10-11,23,26-27,30,32-37,42-43,54,81H,5,8-9,12-22,24-25,53H2,1-4H3,(H,55,72)(H,56,64)(H,57,73)(H,58,76)(H,59,75)(H,60,74)(H,61,71)(H,65,66)(H,67,68)(H,69,70)(H,79,80)/t27-,30-,32-,33-,34-,35-,36-,37-,42-,43-/m0/s1. The minimum atomic E-state index is -1.66. The van der Waals surface area contributed by atoms with Crippen molar-refractivity contribution < 1.29 is 82.8 Å². The van der Waals surface area contributed by atoms with E-state index in [1.54, 1.807) is 58.2 Å². The normalized spacial score (nSPS) is 18.0. The maximum atomic E-state index is 14.3. The Hall–Kier alpha value is -7.82. The molecule has 0 spiro atoms. The summed E-state index contributed by atoms with van der Waals surface area (Å²) in [7, 11) is 0. The van der Waals surface area contributed by atoms with Crippen LogP contribution in [0, 0.1) is 11.8 Å². The Bertz CT molecular complexity index is 2650. The zero-order valence-electron chi connectivity index (χ0n) is 45.6. The molecule has 0 saturated carbocycles. The van der Waals surface area contributed by atoms with E-state index >= 15 is 0 Å². The maximum absolute atomic E-state index is 14.3. The predicted molar refractivity (Wildman–Crippen MR) is 290 cm³/mol. The highest BCUT2D eigenvalue weighted by molar-refractivity contribution is 7.80. The fourth-order valence-electron chi connectivity index (χ4n) is 9.44. The van der Waals surface area contributed by atoms with Crippen LogP contribution >= 0.6 is 12.6 Å². The van der Waals surface area contributed by atoms with Crippen molar-refractivity contribution >= 4 is 101 Å². The van der Waals surface area contributed by atoms with Crippen molar-refractivity contribution in [3.8, 4) is 0 Å². The summed E-state index contributed by atoms with van der Waals surface area (Å²) in [5.74, 6) is -14.1. The van der Waals surface area contributed by atoms with Crippen molar-refractivity contribution in [2.75, 3.05) is 25.4 Å². The van der Waals surface area contributed by atoms with Crippen molar-refractivity contribution in [1.82, 2.24) is 52.0 Å². The molecule has 2 fully saturated rings. The quantitative estimate of drug-likeness (QED) is 0.0365. The first-order valence-electron chi connectivity index (χ1n) is 26.8. The van der Waals surface area contributed by atoms with Crippen molar-refractivity contribution in [3.63, 3.8) is 0 Å². The Kier molecular flexibility index (Phi) is 25.3. The number of likely N-dealkylation sites (tertiary alicyclic amines) is 2. The minimum Gasteiger partial charge on any atom is -0.481 e. The summed E-state index contributed by atoms with van der Waals surface area (Å²) in [6.45, 7) is 5.78. The maximum Gasteiger partial charge on any atom is 0.326 e. The Balaban J connectivity index is 1.50. The van der Waals surface area contributed by atoms with E-state index in [1.165, 1.54) is 9.80 Å². The molecule has 81 heavy (non-hydrogen) atoms. The van der Waals surface area contributed by atoms with Crippen LogP contribution < -0.4 is 43.0 Å². The molecular weight excluding hydrogens is 1080 g/mol. The first-order valence-corrected chi connectivity index (χ1v) is 27.4. The third kappa shape index (κ3) is 19.2. The summed E-state index contributed by atoms with van der Waals surface area (Å²) in [6.07, 6.45) is -0.195. The van der Waals surface area contributed by atoms with Gasteiger partial charge in [-0.1, -0.05) is 52.3 Å². The molecule has 0 radical (unpaired) electrons. The summed E-state index contributed by atoms with van der Waals surface area (Å²) in [6, 6.07) is -5.03. The van der Waals surface area contributed by atoms with Gasteiger partial charge in [0, 0.05) is 61.6 Å². The van der Waals surface area contributed by atoms with E-state index in [2.05, 4.69) is 54.8 Å². The summed E-state index contributed by atoms with van der Waals surface area (Å²) in [4.78, 5) is 176. The highest BCUT2D eigenvalue weighted by atomic mass is 32.1. The van der Waals surface area contributed by atoms with Crippen LogP contribution in [0.2, 0.25) is 0 Å². The molecule has 9 amide bonds. The van der Waals surface area contributed by atoms with Crippen LogP contribution in [0.25, 0.3) is 10.9 Å². The average molecular weight is 1160 g/mol. The smallest absolute Gasteiger partial charge is 0.326 e. The van der Waals surface area contributed by atoms with Gasteiger partial charge in [0.15, 0.2) is 0 Å². The van der Waals surface area contributed by atoms with E-state index in [1.807, 2.05) is 0 Å². The summed E-state index contributed by atoms with van der Waals surface area (Å²) in [5.41, 5.74) is 7.15. The molecule has 0 aliphatic carbocycles. The number of carboxylic acid groups (broad SMARTS) is 4. The molecular formula is C52H75N11O17S. The SMILES string of the molecule is CC[C@H](C)[C@H](NC(=O)[C@@H](N)CCC(=O)O)C(=O)N[C@@H](Cc1c[nH]c2ccccc12)C(=O)N[C@@H](CCC(=O)O)C(=O)NCC(=O)N[C@@H](CCC(=O)O)C(=O)N1CCC[C@H]1C(=O)N1CCC[C@H]1C(=O)N[C@@H](CS)C(=O)N[C@H](C(=O)O)C(C)C. The average Bonchev–Trinajstić information content (AvgIpc) is 4.33. The van der Waals surface area contributed by atoms with Crippen molar-refractivity contribution in [2.45, 2.75) is 159 Å². The van der Waals surface area contributed by atoms with Gasteiger partial charge in [-0.25, -0.2) is 4.79 Å². The monoisotopic (exact) mass is 1160 g/mol. The van der Waals surface area contributed by atoms with E-state index in [9.17, 15) is 77.6 Å². The summed E-state index contributed by atoms with van der Waals surface area (Å²) in [5, 5.41) is 55.8. The Morgan fingerprint density at radius 3 is 1.83 bits per heavy atom. The van der Waals surface area contributed by atoms with Crippen molar-refractivity contribution in [2.24, 2.45) is 17.6 Å². The van der Waals surface area contributed by atoms with E-state index in [0.29, 0.717) is 35.7 Å². The molecule has 2 aromatic rings. The molecule has 29 heteroatoms. The van der Waals surface area contributed by atoms with E-state index in [-0.39, 0.29) is 44.5 Å². The summed E-state index contributed by atoms with van der Waals surface area (Å²) < 4.78 is 0. The number of nitrogens with two attached hydrogens (primary N) is 1. The first kappa shape index (κ1) is 65.7. The largest absolute Gasteiger partial charge is 0.481 e. The number of hydrogen-bond donors (Lipinski definition) is 14. The number of hydrogen-bond acceptors (Lipinski definition) is 15. The number of aromatic amines is 1. The molecule has 4 rings (SSSR count). The van der Waals surface area contributed by atoms with Crippen molar-refractivity contribution in [1.29, 1.82) is 0 Å².